The summed E-state index contributed by atoms with van der Waals surface area (Å²) in [6, 6.07) is 11.9. The SMILES string of the molecule is CS(=O)(=O)N(CC(=O)NCc1ccccc1CN1CCCC1=O)c1ccc(Cl)c(Cl)c1. The average molecular weight is 484 g/mol. The van der Waals surface area contributed by atoms with Gasteiger partial charge in [-0.2, -0.15) is 0 Å². The molecular weight excluding hydrogens is 461 g/mol. The molecule has 2 amide bonds. The number of amides is 2. The molecule has 31 heavy (non-hydrogen) atoms. The molecule has 0 unspecified atom stereocenters. The maximum absolute atomic E-state index is 12.6. The van der Waals surface area contributed by atoms with Crippen molar-refractivity contribution >= 4 is 50.7 Å². The second-order valence-electron chi connectivity index (χ2n) is 7.33. The number of rotatable bonds is 8. The van der Waals surface area contributed by atoms with Gasteiger partial charge in [-0.05, 0) is 35.7 Å². The number of anilines is 1. The van der Waals surface area contributed by atoms with Crippen LogP contribution in [-0.2, 0) is 32.7 Å². The summed E-state index contributed by atoms with van der Waals surface area (Å²) in [5.74, 6) is -0.340. The zero-order valence-electron chi connectivity index (χ0n) is 17.0. The molecule has 3 rings (SSSR count). The average Bonchev–Trinajstić information content (AvgIpc) is 3.11. The fourth-order valence-corrected chi connectivity index (χ4v) is 4.52. The van der Waals surface area contributed by atoms with Crippen molar-refractivity contribution in [3.05, 3.63) is 63.6 Å². The molecule has 0 spiro atoms. The lowest BCUT2D eigenvalue weighted by Gasteiger charge is -2.22. The summed E-state index contributed by atoms with van der Waals surface area (Å²) in [5.41, 5.74) is 2.07. The Kier molecular flexibility index (Phi) is 7.46. The largest absolute Gasteiger partial charge is 0.350 e. The summed E-state index contributed by atoms with van der Waals surface area (Å²) < 4.78 is 25.5. The van der Waals surface area contributed by atoms with E-state index in [-0.39, 0.29) is 28.2 Å². The molecule has 0 atom stereocenters. The second kappa shape index (κ2) is 9.89. The van der Waals surface area contributed by atoms with Gasteiger partial charge in [-0.15, -0.1) is 0 Å². The van der Waals surface area contributed by atoms with Crippen LogP contribution in [0.4, 0.5) is 5.69 Å². The summed E-state index contributed by atoms with van der Waals surface area (Å²) in [6.45, 7) is 1.04. The highest BCUT2D eigenvalue weighted by molar-refractivity contribution is 7.92. The van der Waals surface area contributed by atoms with E-state index < -0.39 is 22.5 Å². The molecule has 166 valence electrons. The van der Waals surface area contributed by atoms with Gasteiger partial charge in [0, 0.05) is 26.1 Å². The van der Waals surface area contributed by atoms with Gasteiger partial charge in [-0.1, -0.05) is 47.5 Å². The number of hydrogen-bond acceptors (Lipinski definition) is 4. The first kappa shape index (κ1) is 23.4. The van der Waals surface area contributed by atoms with Gasteiger partial charge in [0.15, 0.2) is 0 Å². The topological polar surface area (TPSA) is 86.8 Å². The Morgan fingerprint density at radius 1 is 1.13 bits per heavy atom. The Hall–Kier alpha value is -2.29. The van der Waals surface area contributed by atoms with Crippen LogP contribution in [0.1, 0.15) is 24.0 Å². The molecular formula is C21H23Cl2N3O4S. The second-order valence-corrected chi connectivity index (χ2v) is 10.1. The number of likely N-dealkylation sites (tertiary alicyclic amines) is 1. The number of nitrogens with one attached hydrogen (secondary N) is 1. The summed E-state index contributed by atoms with van der Waals surface area (Å²) in [5, 5.41) is 3.25. The molecule has 0 aromatic heterocycles. The molecule has 2 aromatic rings. The molecule has 1 saturated heterocycles. The van der Waals surface area contributed by atoms with E-state index in [1.807, 2.05) is 24.3 Å². The van der Waals surface area contributed by atoms with Gasteiger partial charge in [0.2, 0.25) is 21.8 Å². The van der Waals surface area contributed by atoms with Crippen LogP contribution in [0.25, 0.3) is 0 Å². The van der Waals surface area contributed by atoms with Crippen LogP contribution in [0.3, 0.4) is 0 Å². The van der Waals surface area contributed by atoms with Crippen LogP contribution in [-0.4, -0.2) is 44.5 Å². The maximum Gasteiger partial charge on any atom is 0.241 e. The lowest BCUT2D eigenvalue weighted by atomic mass is 10.1. The standard InChI is InChI=1S/C21H23Cl2N3O4S/c1-31(29,30)26(17-8-9-18(22)19(23)11-17)14-20(27)24-12-15-5-2-3-6-16(15)13-25-10-4-7-21(25)28/h2-3,5-6,8-9,11H,4,7,10,12-14H2,1H3,(H,24,27). The van der Waals surface area contributed by atoms with Crippen LogP contribution in [0.15, 0.2) is 42.5 Å². The molecule has 10 heteroatoms. The van der Waals surface area contributed by atoms with E-state index in [9.17, 15) is 18.0 Å². The smallest absolute Gasteiger partial charge is 0.241 e. The van der Waals surface area contributed by atoms with Crippen LogP contribution in [0, 0.1) is 0 Å². The lowest BCUT2D eigenvalue weighted by Crippen LogP contribution is -2.40. The molecule has 1 aliphatic heterocycles. The first-order valence-electron chi connectivity index (χ1n) is 9.69. The zero-order chi connectivity index (χ0) is 22.6. The minimum absolute atomic E-state index is 0.129. The number of hydrogen-bond donors (Lipinski definition) is 1. The van der Waals surface area contributed by atoms with E-state index in [0.717, 1.165) is 34.7 Å². The van der Waals surface area contributed by atoms with E-state index in [0.29, 0.717) is 13.0 Å². The van der Waals surface area contributed by atoms with Crippen LogP contribution in [0.5, 0.6) is 0 Å². The Balaban J connectivity index is 1.68. The Labute approximate surface area is 192 Å². The molecule has 1 heterocycles. The van der Waals surface area contributed by atoms with Gasteiger partial charge in [-0.25, -0.2) is 8.42 Å². The van der Waals surface area contributed by atoms with Gasteiger partial charge < -0.3 is 10.2 Å². The number of carbonyl (C=O) groups excluding carboxylic acids is 2. The maximum atomic E-state index is 12.6. The quantitative estimate of drug-likeness (QED) is 0.624. The third kappa shape index (κ3) is 6.12. The van der Waals surface area contributed by atoms with E-state index in [2.05, 4.69) is 5.32 Å². The minimum Gasteiger partial charge on any atom is -0.350 e. The molecule has 0 radical (unpaired) electrons. The number of benzene rings is 2. The Bertz CT molecular complexity index is 1090. The Morgan fingerprint density at radius 2 is 1.84 bits per heavy atom. The van der Waals surface area contributed by atoms with Crippen molar-refractivity contribution in [2.45, 2.75) is 25.9 Å². The molecule has 1 N–H and O–H groups in total. The fourth-order valence-electron chi connectivity index (χ4n) is 3.38. The third-order valence-electron chi connectivity index (χ3n) is 5.01. The number of sulfonamides is 1. The van der Waals surface area contributed by atoms with Gasteiger partial charge >= 0.3 is 0 Å². The monoisotopic (exact) mass is 483 g/mol. The summed E-state index contributed by atoms with van der Waals surface area (Å²) >= 11 is 11.9. The highest BCUT2D eigenvalue weighted by atomic mass is 35.5. The zero-order valence-corrected chi connectivity index (χ0v) is 19.3. The molecule has 0 bridgehead atoms. The van der Waals surface area contributed by atoms with E-state index in [1.54, 1.807) is 4.90 Å². The van der Waals surface area contributed by atoms with E-state index >= 15 is 0 Å². The highest BCUT2D eigenvalue weighted by Gasteiger charge is 2.23. The minimum atomic E-state index is -3.73. The van der Waals surface area contributed by atoms with Crippen LogP contribution in [0.2, 0.25) is 10.0 Å². The van der Waals surface area contributed by atoms with Crippen molar-refractivity contribution in [1.82, 2.24) is 10.2 Å². The molecule has 2 aromatic carbocycles. The molecule has 1 aliphatic rings. The van der Waals surface area contributed by atoms with Crippen LogP contribution >= 0.6 is 23.2 Å². The molecule has 7 nitrogen and oxygen atoms in total. The molecule has 1 fully saturated rings. The van der Waals surface area contributed by atoms with E-state index in [4.69, 9.17) is 23.2 Å². The van der Waals surface area contributed by atoms with E-state index in [1.165, 1.54) is 18.2 Å². The molecule has 0 aliphatic carbocycles. The number of halogens is 2. The number of nitrogens with zero attached hydrogens (tertiary/aromatic N) is 2. The van der Waals surface area contributed by atoms with Gasteiger partial charge in [0.05, 0.1) is 22.0 Å². The Morgan fingerprint density at radius 3 is 2.45 bits per heavy atom. The molecule has 0 saturated carbocycles. The van der Waals surface area contributed by atoms with Crippen LogP contribution < -0.4 is 9.62 Å². The highest BCUT2D eigenvalue weighted by Crippen LogP contribution is 2.28. The fraction of sp³-hybridized carbons (Fsp3) is 0.333. The number of carbonyl (C=O) groups is 2. The van der Waals surface area contributed by atoms with Crippen molar-refractivity contribution in [3.8, 4) is 0 Å². The predicted molar refractivity (Wildman–Crippen MR) is 122 cm³/mol. The predicted octanol–water partition coefficient (Wildman–Crippen LogP) is 3.20. The first-order chi connectivity index (χ1) is 14.6. The van der Waals surface area contributed by atoms with Crippen molar-refractivity contribution in [2.75, 3.05) is 23.7 Å². The van der Waals surface area contributed by atoms with Gasteiger partial charge in [-0.3, -0.25) is 13.9 Å². The first-order valence-corrected chi connectivity index (χ1v) is 12.3. The summed E-state index contributed by atoms with van der Waals surface area (Å²) in [6.07, 6.45) is 2.44. The van der Waals surface area contributed by atoms with Gasteiger partial charge in [0.25, 0.3) is 0 Å². The van der Waals surface area contributed by atoms with Crippen molar-refractivity contribution in [1.29, 1.82) is 0 Å². The summed E-state index contributed by atoms with van der Waals surface area (Å²) in [4.78, 5) is 26.3. The normalized spacial score (nSPS) is 14.0. The van der Waals surface area contributed by atoms with Crippen molar-refractivity contribution < 1.29 is 18.0 Å². The van der Waals surface area contributed by atoms with Crippen molar-refractivity contribution in [3.63, 3.8) is 0 Å². The summed E-state index contributed by atoms with van der Waals surface area (Å²) in [7, 11) is -3.73. The lowest BCUT2D eigenvalue weighted by molar-refractivity contribution is -0.128. The third-order valence-corrected chi connectivity index (χ3v) is 6.89. The van der Waals surface area contributed by atoms with Crippen molar-refractivity contribution in [2.24, 2.45) is 0 Å². The van der Waals surface area contributed by atoms with Gasteiger partial charge in [0.1, 0.15) is 6.54 Å².